The van der Waals surface area contributed by atoms with Gasteiger partial charge in [-0.3, -0.25) is 9.18 Å². The Morgan fingerprint density at radius 1 is 1.64 bits per heavy atom. The predicted octanol–water partition coefficient (Wildman–Crippen LogP) is 1.36. The van der Waals surface area contributed by atoms with Gasteiger partial charge in [-0.1, -0.05) is 20.3 Å². The molecular weight excluding hydrogens is 145 g/mol. The van der Waals surface area contributed by atoms with E-state index in [1.165, 1.54) is 7.05 Å². The lowest BCUT2D eigenvalue weighted by atomic mass is 9.92. The number of hydrogen-bond donors (Lipinski definition) is 1. The van der Waals surface area contributed by atoms with Gasteiger partial charge in [-0.15, -0.1) is 0 Å². The molecule has 0 aromatic carbocycles. The lowest BCUT2D eigenvalue weighted by Crippen LogP contribution is -2.32. The lowest BCUT2D eigenvalue weighted by Gasteiger charge is -2.17. The molecule has 0 aliphatic rings. The molecular formula is C8H16FNO. The second-order valence-electron chi connectivity index (χ2n) is 2.76. The summed E-state index contributed by atoms with van der Waals surface area (Å²) in [4.78, 5) is 11.0. The summed E-state index contributed by atoms with van der Waals surface area (Å²) in [5.74, 6) is -0.535. The number of amides is 1. The van der Waals surface area contributed by atoms with Crippen molar-refractivity contribution in [3.8, 4) is 0 Å². The molecule has 0 saturated heterocycles. The van der Waals surface area contributed by atoms with Crippen LogP contribution in [0.2, 0.25) is 0 Å². The van der Waals surface area contributed by atoms with Crippen molar-refractivity contribution in [3.63, 3.8) is 0 Å². The Morgan fingerprint density at radius 3 is 2.45 bits per heavy atom. The second-order valence-corrected chi connectivity index (χ2v) is 2.76. The van der Waals surface area contributed by atoms with Crippen molar-refractivity contribution >= 4 is 5.91 Å². The maximum atomic E-state index is 12.3. The molecule has 2 atom stereocenters. The summed E-state index contributed by atoms with van der Waals surface area (Å²) in [5, 5.41) is 2.45. The Morgan fingerprint density at radius 2 is 2.18 bits per heavy atom. The van der Waals surface area contributed by atoms with Crippen LogP contribution in [-0.4, -0.2) is 19.6 Å². The summed E-state index contributed by atoms with van der Waals surface area (Å²) >= 11 is 0. The fourth-order valence-corrected chi connectivity index (χ4v) is 0.950. The third kappa shape index (κ3) is 2.87. The van der Waals surface area contributed by atoms with Crippen molar-refractivity contribution in [1.29, 1.82) is 0 Å². The van der Waals surface area contributed by atoms with Crippen molar-refractivity contribution in [2.24, 2.45) is 11.8 Å². The van der Waals surface area contributed by atoms with Crippen LogP contribution < -0.4 is 5.32 Å². The molecule has 0 radical (unpaired) electrons. The third-order valence-electron chi connectivity index (χ3n) is 2.08. The van der Waals surface area contributed by atoms with Gasteiger partial charge in [0.2, 0.25) is 5.91 Å². The predicted molar refractivity (Wildman–Crippen MR) is 43.0 cm³/mol. The highest BCUT2D eigenvalue weighted by molar-refractivity contribution is 5.78. The number of carbonyl (C=O) groups is 1. The molecule has 2 nitrogen and oxygen atoms in total. The van der Waals surface area contributed by atoms with Gasteiger partial charge < -0.3 is 5.32 Å². The van der Waals surface area contributed by atoms with Crippen molar-refractivity contribution in [1.82, 2.24) is 5.32 Å². The maximum absolute atomic E-state index is 12.3. The fraction of sp³-hybridized carbons (Fsp3) is 0.875. The maximum Gasteiger partial charge on any atom is 0.225 e. The van der Waals surface area contributed by atoms with Crippen molar-refractivity contribution in [2.75, 3.05) is 13.7 Å². The molecule has 1 unspecified atom stereocenters. The minimum absolute atomic E-state index is 0.125. The SMILES string of the molecule is CC[C@H](C)C(CF)C(=O)NC. The Hall–Kier alpha value is -0.600. The standard InChI is InChI=1S/C8H16FNO/c1-4-6(2)7(5-9)8(11)10-3/h6-7H,4-5H2,1-3H3,(H,10,11)/t6-,7?/m0/s1. The van der Waals surface area contributed by atoms with Crippen LogP contribution in [0.3, 0.4) is 0 Å². The molecule has 0 spiro atoms. The number of halogens is 1. The largest absolute Gasteiger partial charge is 0.359 e. The van der Waals surface area contributed by atoms with Gasteiger partial charge in [-0.05, 0) is 5.92 Å². The van der Waals surface area contributed by atoms with E-state index in [0.717, 1.165) is 6.42 Å². The summed E-state index contributed by atoms with van der Waals surface area (Å²) in [7, 11) is 1.54. The average molecular weight is 161 g/mol. The fourth-order valence-electron chi connectivity index (χ4n) is 0.950. The monoisotopic (exact) mass is 161 g/mol. The summed E-state index contributed by atoms with van der Waals surface area (Å²) in [6.07, 6.45) is 0.835. The number of carbonyl (C=O) groups excluding carboxylic acids is 1. The summed E-state index contributed by atoms with van der Waals surface area (Å²) in [5.41, 5.74) is 0. The first-order chi connectivity index (χ1) is 5.17. The van der Waals surface area contributed by atoms with E-state index < -0.39 is 12.6 Å². The van der Waals surface area contributed by atoms with Crippen molar-refractivity contribution in [2.45, 2.75) is 20.3 Å². The zero-order valence-electron chi connectivity index (χ0n) is 7.36. The highest BCUT2D eigenvalue weighted by Gasteiger charge is 2.22. The molecule has 0 heterocycles. The van der Waals surface area contributed by atoms with E-state index in [-0.39, 0.29) is 11.8 Å². The summed E-state index contributed by atoms with van der Waals surface area (Å²) < 4.78 is 12.3. The molecule has 0 rings (SSSR count). The van der Waals surface area contributed by atoms with E-state index in [0.29, 0.717) is 0 Å². The van der Waals surface area contributed by atoms with E-state index in [9.17, 15) is 9.18 Å². The minimum Gasteiger partial charge on any atom is -0.359 e. The second kappa shape index (κ2) is 5.10. The molecule has 1 amide bonds. The van der Waals surface area contributed by atoms with E-state index in [1.807, 2.05) is 13.8 Å². The van der Waals surface area contributed by atoms with Gasteiger partial charge in [0.05, 0.1) is 5.92 Å². The molecule has 3 heteroatoms. The molecule has 0 saturated carbocycles. The van der Waals surface area contributed by atoms with Gasteiger partial charge in [0.1, 0.15) is 6.67 Å². The first-order valence-corrected chi connectivity index (χ1v) is 3.94. The normalized spacial score (nSPS) is 15.6. The van der Waals surface area contributed by atoms with Gasteiger partial charge in [0.15, 0.2) is 0 Å². The van der Waals surface area contributed by atoms with Crippen LogP contribution in [0.15, 0.2) is 0 Å². The molecule has 0 aliphatic heterocycles. The first-order valence-electron chi connectivity index (χ1n) is 3.94. The van der Waals surface area contributed by atoms with Crippen LogP contribution in [0.1, 0.15) is 20.3 Å². The zero-order valence-corrected chi connectivity index (χ0v) is 7.36. The van der Waals surface area contributed by atoms with E-state index in [4.69, 9.17) is 0 Å². The molecule has 0 fully saturated rings. The van der Waals surface area contributed by atoms with Gasteiger partial charge in [0, 0.05) is 7.05 Å². The Bertz CT molecular complexity index is 127. The first kappa shape index (κ1) is 10.4. The van der Waals surface area contributed by atoms with Crippen LogP contribution in [0.5, 0.6) is 0 Å². The molecule has 0 aromatic heterocycles. The summed E-state index contributed by atoms with van der Waals surface area (Å²) in [6, 6.07) is 0. The Kier molecular flexibility index (Phi) is 4.83. The van der Waals surface area contributed by atoms with Crippen LogP contribution in [-0.2, 0) is 4.79 Å². The lowest BCUT2D eigenvalue weighted by molar-refractivity contribution is -0.126. The van der Waals surface area contributed by atoms with Crippen molar-refractivity contribution in [3.05, 3.63) is 0 Å². The van der Waals surface area contributed by atoms with Gasteiger partial charge in [0.25, 0.3) is 0 Å². The van der Waals surface area contributed by atoms with E-state index >= 15 is 0 Å². The third-order valence-corrected chi connectivity index (χ3v) is 2.08. The molecule has 11 heavy (non-hydrogen) atoms. The van der Waals surface area contributed by atoms with E-state index in [1.54, 1.807) is 0 Å². The molecule has 0 bridgehead atoms. The van der Waals surface area contributed by atoms with Crippen molar-refractivity contribution < 1.29 is 9.18 Å². The smallest absolute Gasteiger partial charge is 0.225 e. The Labute approximate surface area is 67.2 Å². The zero-order chi connectivity index (χ0) is 8.85. The number of rotatable bonds is 4. The quantitative estimate of drug-likeness (QED) is 0.662. The Balaban J connectivity index is 4.03. The van der Waals surface area contributed by atoms with E-state index in [2.05, 4.69) is 5.32 Å². The highest BCUT2D eigenvalue weighted by atomic mass is 19.1. The number of alkyl halides is 1. The van der Waals surface area contributed by atoms with Crippen LogP contribution in [0.25, 0.3) is 0 Å². The van der Waals surface area contributed by atoms with Crippen LogP contribution in [0, 0.1) is 11.8 Å². The van der Waals surface area contributed by atoms with Crippen LogP contribution in [0.4, 0.5) is 4.39 Å². The molecule has 0 aromatic rings. The number of nitrogens with one attached hydrogen (secondary N) is 1. The summed E-state index contributed by atoms with van der Waals surface area (Å²) in [6.45, 7) is 3.28. The molecule has 0 aliphatic carbocycles. The van der Waals surface area contributed by atoms with Gasteiger partial charge in [-0.25, -0.2) is 0 Å². The topological polar surface area (TPSA) is 29.1 Å². The number of hydrogen-bond acceptors (Lipinski definition) is 1. The minimum atomic E-state index is -0.561. The van der Waals surface area contributed by atoms with Gasteiger partial charge in [-0.2, -0.15) is 0 Å². The molecule has 1 N–H and O–H groups in total. The average Bonchev–Trinajstić information content (AvgIpc) is 2.05. The van der Waals surface area contributed by atoms with Gasteiger partial charge >= 0.3 is 0 Å². The highest BCUT2D eigenvalue weighted by Crippen LogP contribution is 2.15. The molecule has 66 valence electrons. The van der Waals surface area contributed by atoms with Crippen LogP contribution >= 0.6 is 0 Å².